The largest absolute Gasteiger partial charge is 0.457 e. The molecule has 0 heterocycles. The van der Waals surface area contributed by atoms with E-state index < -0.39 is 0 Å². The van der Waals surface area contributed by atoms with E-state index >= 15 is 0 Å². The van der Waals surface area contributed by atoms with Gasteiger partial charge in [-0.3, -0.25) is 0 Å². The van der Waals surface area contributed by atoms with Crippen molar-refractivity contribution in [2.45, 2.75) is 39.2 Å². The molecule has 2 nitrogen and oxygen atoms in total. The van der Waals surface area contributed by atoms with Gasteiger partial charge in [0, 0.05) is 6.04 Å². The van der Waals surface area contributed by atoms with Gasteiger partial charge in [-0.1, -0.05) is 45.0 Å². The minimum atomic E-state index is 0.127. The van der Waals surface area contributed by atoms with Gasteiger partial charge in [0.05, 0.1) is 0 Å². The maximum Gasteiger partial charge on any atom is 0.127 e. The van der Waals surface area contributed by atoms with Crippen LogP contribution in [0.4, 0.5) is 0 Å². The van der Waals surface area contributed by atoms with Gasteiger partial charge in [-0.25, -0.2) is 0 Å². The van der Waals surface area contributed by atoms with E-state index in [2.05, 4.69) is 63.3 Å². The summed E-state index contributed by atoms with van der Waals surface area (Å²) >= 11 is 0. The highest BCUT2D eigenvalue weighted by atomic mass is 16.5. The summed E-state index contributed by atoms with van der Waals surface area (Å²) in [6, 6.07) is 16.9. The van der Waals surface area contributed by atoms with Gasteiger partial charge in [0.1, 0.15) is 11.5 Å². The number of hydrogen-bond donors (Lipinski definition) is 1. The molecular formula is C19H25NO. The highest BCUT2D eigenvalue weighted by Crippen LogP contribution is 2.29. The molecule has 0 saturated carbocycles. The average Bonchev–Trinajstić information content (AvgIpc) is 2.46. The second-order valence-electron chi connectivity index (χ2n) is 6.46. The summed E-state index contributed by atoms with van der Waals surface area (Å²) in [7, 11) is 1.96. The fourth-order valence-electron chi connectivity index (χ4n) is 2.18. The van der Waals surface area contributed by atoms with Gasteiger partial charge in [0.15, 0.2) is 0 Å². The topological polar surface area (TPSA) is 21.3 Å². The molecule has 2 aromatic carbocycles. The van der Waals surface area contributed by atoms with Crippen molar-refractivity contribution in [1.29, 1.82) is 0 Å². The Morgan fingerprint density at radius 3 is 2.19 bits per heavy atom. The van der Waals surface area contributed by atoms with E-state index in [0.29, 0.717) is 6.04 Å². The second kappa shape index (κ2) is 6.31. The summed E-state index contributed by atoms with van der Waals surface area (Å²) in [6.45, 7) is 8.77. The lowest BCUT2D eigenvalue weighted by atomic mass is 9.87. The van der Waals surface area contributed by atoms with E-state index in [0.717, 1.165) is 11.5 Å². The monoisotopic (exact) mass is 283 g/mol. The van der Waals surface area contributed by atoms with Gasteiger partial charge in [-0.2, -0.15) is 0 Å². The molecule has 0 bridgehead atoms. The van der Waals surface area contributed by atoms with Crippen molar-refractivity contribution >= 4 is 0 Å². The van der Waals surface area contributed by atoms with E-state index in [-0.39, 0.29) is 5.41 Å². The van der Waals surface area contributed by atoms with Crippen LogP contribution >= 0.6 is 0 Å². The summed E-state index contributed by atoms with van der Waals surface area (Å²) in [4.78, 5) is 0. The number of nitrogens with one attached hydrogen (secondary N) is 1. The lowest BCUT2D eigenvalue weighted by molar-refractivity contribution is 0.476. The Labute approximate surface area is 128 Å². The van der Waals surface area contributed by atoms with Crippen LogP contribution in [0.25, 0.3) is 0 Å². The number of hydrogen-bond acceptors (Lipinski definition) is 2. The molecule has 0 radical (unpaired) electrons. The van der Waals surface area contributed by atoms with Gasteiger partial charge in [-0.05, 0) is 54.8 Å². The minimum absolute atomic E-state index is 0.127. The first kappa shape index (κ1) is 15.6. The van der Waals surface area contributed by atoms with Gasteiger partial charge in [0.2, 0.25) is 0 Å². The van der Waals surface area contributed by atoms with E-state index in [9.17, 15) is 0 Å². The molecule has 0 fully saturated rings. The van der Waals surface area contributed by atoms with Crippen molar-refractivity contribution in [3.05, 3.63) is 59.7 Å². The zero-order valence-electron chi connectivity index (χ0n) is 13.6. The van der Waals surface area contributed by atoms with Crippen LogP contribution in [-0.4, -0.2) is 7.05 Å². The molecule has 0 aromatic heterocycles. The zero-order valence-corrected chi connectivity index (χ0v) is 13.6. The Kier molecular flexibility index (Phi) is 4.69. The molecule has 0 saturated heterocycles. The smallest absolute Gasteiger partial charge is 0.127 e. The first-order valence-electron chi connectivity index (χ1n) is 7.46. The first-order valence-corrected chi connectivity index (χ1v) is 7.46. The summed E-state index contributed by atoms with van der Waals surface area (Å²) in [5.74, 6) is 1.76. The van der Waals surface area contributed by atoms with E-state index in [1.54, 1.807) is 0 Å². The van der Waals surface area contributed by atoms with E-state index in [4.69, 9.17) is 4.74 Å². The quantitative estimate of drug-likeness (QED) is 0.847. The summed E-state index contributed by atoms with van der Waals surface area (Å²) < 4.78 is 6.02. The van der Waals surface area contributed by atoms with Crippen molar-refractivity contribution in [3.63, 3.8) is 0 Å². The van der Waals surface area contributed by atoms with Crippen LogP contribution in [0.2, 0.25) is 0 Å². The highest BCUT2D eigenvalue weighted by molar-refractivity contribution is 5.38. The van der Waals surface area contributed by atoms with Gasteiger partial charge in [-0.15, -0.1) is 0 Å². The third-order valence-corrected chi connectivity index (χ3v) is 3.73. The molecule has 0 aliphatic rings. The Hall–Kier alpha value is -1.80. The van der Waals surface area contributed by atoms with Gasteiger partial charge < -0.3 is 10.1 Å². The molecule has 0 spiro atoms. The Morgan fingerprint density at radius 2 is 1.57 bits per heavy atom. The molecule has 21 heavy (non-hydrogen) atoms. The van der Waals surface area contributed by atoms with Crippen molar-refractivity contribution in [2.75, 3.05) is 7.05 Å². The van der Waals surface area contributed by atoms with Crippen molar-refractivity contribution < 1.29 is 4.74 Å². The fourth-order valence-corrected chi connectivity index (χ4v) is 2.18. The molecule has 2 heteroatoms. The Balaban J connectivity index is 2.22. The van der Waals surface area contributed by atoms with Gasteiger partial charge >= 0.3 is 0 Å². The molecule has 0 aliphatic heterocycles. The number of ether oxygens (including phenoxy) is 1. The third-order valence-electron chi connectivity index (χ3n) is 3.73. The summed E-state index contributed by atoms with van der Waals surface area (Å²) in [6.07, 6.45) is 0. The maximum atomic E-state index is 6.02. The molecule has 2 rings (SSSR count). The minimum Gasteiger partial charge on any atom is -0.457 e. The average molecular weight is 283 g/mol. The zero-order chi connectivity index (χ0) is 15.5. The third kappa shape index (κ3) is 4.08. The Morgan fingerprint density at radius 1 is 0.952 bits per heavy atom. The molecule has 112 valence electrons. The second-order valence-corrected chi connectivity index (χ2v) is 6.46. The van der Waals surface area contributed by atoms with Crippen LogP contribution in [0.15, 0.2) is 48.5 Å². The molecule has 2 aromatic rings. The lowest BCUT2D eigenvalue weighted by Crippen LogP contribution is -2.12. The molecule has 0 amide bonds. The highest BCUT2D eigenvalue weighted by Gasteiger charge is 2.14. The number of rotatable bonds is 4. The Bertz CT molecular complexity index is 599. The summed E-state index contributed by atoms with van der Waals surface area (Å²) in [5.41, 5.74) is 2.63. The van der Waals surface area contributed by atoms with Crippen LogP contribution in [0.5, 0.6) is 11.5 Å². The van der Waals surface area contributed by atoms with Crippen molar-refractivity contribution in [3.8, 4) is 11.5 Å². The van der Waals surface area contributed by atoms with E-state index in [1.807, 2.05) is 25.2 Å². The van der Waals surface area contributed by atoms with Crippen LogP contribution < -0.4 is 10.1 Å². The predicted octanol–water partition coefficient (Wildman–Crippen LogP) is 5.06. The normalized spacial score (nSPS) is 13.0. The molecule has 0 aliphatic carbocycles. The standard InChI is InChI=1S/C19H25NO/c1-14(20-5)15-8-6-10-17(12-15)21-18-11-7-9-16(13-18)19(2,3)4/h6-14,20H,1-5H3. The van der Waals surface area contributed by atoms with Crippen LogP contribution in [-0.2, 0) is 5.41 Å². The predicted molar refractivity (Wildman–Crippen MR) is 89.1 cm³/mol. The lowest BCUT2D eigenvalue weighted by Gasteiger charge is -2.20. The first-order chi connectivity index (χ1) is 9.90. The number of benzene rings is 2. The molecule has 1 atom stereocenters. The van der Waals surface area contributed by atoms with Crippen LogP contribution in [0, 0.1) is 0 Å². The molecular weight excluding hydrogens is 258 g/mol. The van der Waals surface area contributed by atoms with Crippen molar-refractivity contribution in [1.82, 2.24) is 5.32 Å². The summed E-state index contributed by atoms with van der Waals surface area (Å²) in [5, 5.41) is 3.25. The van der Waals surface area contributed by atoms with Crippen LogP contribution in [0.3, 0.4) is 0 Å². The van der Waals surface area contributed by atoms with Crippen LogP contribution in [0.1, 0.15) is 44.9 Å². The fraction of sp³-hybridized carbons (Fsp3) is 0.368. The molecule has 1 N–H and O–H groups in total. The van der Waals surface area contributed by atoms with Gasteiger partial charge in [0.25, 0.3) is 0 Å². The SMILES string of the molecule is CNC(C)c1cccc(Oc2cccc(C(C)(C)C)c2)c1. The van der Waals surface area contributed by atoms with E-state index in [1.165, 1.54) is 11.1 Å². The maximum absolute atomic E-state index is 6.02. The van der Waals surface area contributed by atoms with Crippen molar-refractivity contribution in [2.24, 2.45) is 0 Å². The molecule has 1 unspecified atom stereocenters.